The Bertz CT molecular complexity index is 306. The van der Waals surface area contributed by atoms with Gasteiger partial charge < -0.3 is 15.0 Å². The van der Waals surface area contributed by atoms with Crippen LogP contribution in [-0.4, -0.2) is 42.3 Å². The predicted molar refractivity (Wildman–Crippen MR) is 76.2 cm³/mol. The molecule has 0 spiro atoms. The second-order valence-electron chi connectivity index (χ2n) is 6.89. The number of rotatable bonds is 1. The van der Waals surface area contributed by atoms with Crippen LogP contribution >= 0.6 is 0 Å². The summed E-state index contributed by atoms with van der Waals surface area (Å²) in [5.74, 6) is 0.735. The number of ether oxygens (including phenoxy) is 1. The standard InChI is InChI=1S/C15H28N2O2/c1-15(2,3)19-14(18)17-10-9-16-13(11-17)12-7-5-4-6-8-12/h12-13,16H,4-11H2,1-3H3/t13-/m1/s1. The fourth-order valence-corrected chi connectivity index (χ4v) is 3.12. The lowest BCUT2D eigenvalue weighted by Gasteiger charge is -2.39. The molecule has 1 atom stereocenters. The molecule has 2 rings (SSSR count). The highest BCUT2D eigenvalue weighted by atomic mass is 16.6. The lowest BCUT2D eigenvalue weighted by Crippen LogP contribution is -2.56. The molecule has 1 saturated carbocycles. The molecule has 0 aromatic carbocycles. The Morgan fingerprint density at radius 2 is 1.89 bits per heavy atom. The zero-order valence-electron chi connectivity index (χ0n) is 12.6. The summed E-state index contributed by atoms with van der Waals surface area (Å²) in [6.45, 7) is 8.22. The van der Waals surface area contributed by atoms with Crippen molar-refractivity contribution in [2.75, 3.05) is 19.6 Å². The van der Waals surface area contributed by atoms with Gasteiger partial charge in [0.15, 0.2) is 0 Å². The summed E-state index contributed by atoms with van der Waals surface area (Å²) >= 11 is 0. The van der Waals surface area contributed by atoms with Crippen LogP contribution in [0.2, 0.25) is 0 Å². The largest absolute Gasteiger partial charge is 0.444 e. The molecule has 1 aliphatic heterocycles. The number of carbonyl (C=O) groups excluding carboxylic acids is 1. The van der Waals surface area contributed by atoms with E-state index in [1.54, 1.807) is 0 Å². The Morgan fingerprint density at radius 1 is 1.21 bits per heavy atom. The van der Waals surface area contributed by atoms with Crippen molar-refractivity contribution in [1.82, 2.24) is 10.2 Å². The lowest BCUT2D eigenvalue weighted by atomic mass is 9.83. The van der Waals surface area contributed by atoms with Crippen molar-refractivity contribution >= 4 is 6.09 Å². The minimum absolute atomic E-state index is 0.158. The van der Waals surface area contributed by atoms with Crippen LogP contribution in [0.1, 0.15) is 52.9 Å². The molecule has 1 aliphatic carbocycles. The number of hydrogen-bond acceptors (Lipinski definition) is 3. The summed E-state index contributed by atoms with van der Waals surface area (Å²) in [7, 11) is 0. The molecule has 1 N–H and O–H groups in total. The smallest absolute Gasteiger partial charge is 0.410 e. The maximum absolute atomic E-state index is 12.1. The van der Waals surface area contributed by atoms with E-state index in [2.05, 4.69) is 5.32 Å². The van der Waals surface area contributed by atoms with Crippen molar-refractivity contribution in [3.63, 3.8) is 0 Å². The van der Waals surface area contributed by atoms with Crippen molar-refractivity contribution in [3.05, 3.63) is 0 Å². The maximum atomic E-state index is 12.1. The third kappa shape index (κ3) is 4.37. The lowest BCUT2D eigenvalue weighted by molar-refractivity contribution is 0.0162. The zero-order chi connectivity index (χ0) is 13.9. The zero-order valence-corrected chi connectivity index (χ0v) is 12.6. The van der Waals surface area contributed by atoms with Gasteiger partial charge in [0.25, 0.3) is 0 Å². The third-order valence-electron chi connectivity index (χ3n) is 4.08. The number of hydrogen-bond donors (Lipinski definition) is 1. The van der Waals surface area contributed by atoms with Gasteiger partial charge in [-0.15, -0.1) is 0 Å². The first-order chi connectivity index (χ1) is 8.96. The number of nitrogens with one attached hydrogen (secondary N) is 1. The van der Waals surface area contributed by atoms with Crippen molar-refractivity contribution < 1.29 is 9.53 Å². The molecule has 2 aliphatic rings. The molecule has 2 fully saturated rings. The van der Waals surface area contributed by atoms with Crippen LogP contribution in [0.4, 0.5) is 4.79 Å². The Hall–Kier alpha value is -0.770. The molecule has 19 heavy (non-hydrogen) atoms. The Kier molecular flexibility index (Phi) is 4.71. The average molecular weight is 268 g/mol. The van der Waals surface area contributed by atoms with Crippen LogP contribution < -0.4 is 5.32 Å². The van der Waals surface area contributed by atoms with Crippen molar-refractivity contribution in [1.29, 1.82) is 0 Å². The van der Waals surface area contributed by atoms with Crippen molar-refractivity contribution in [2.24, 2.45) is 5.92 Å². The third-order valence-corrected chi connectivity index (χ3v) is 4.08. The Labute approximate surface area is 116 Å². The first-order valence-corrected chi connectivity index (χ1v) is 7.67. The molecule has 110 valence electrons. The van der Waals surface area contributed by atoms with E-state index >= 15 is 0 Å². The van der Waals surface area contributed by atoms with Gasteiger partial charge in [0, 0.05) is 25.7 Å². The Balaban J connectivity index is 1.87. The van der Waals surface area contributed by atoms with Crippen LogP contribution in [0.25, 0.3) is 0 Å². The monoisotopic (exact) mass is 268 g/mol. The highest BCUT2D eigenvalue weighted by Gasteiger charge is 2.31. The van der Waals surface area contributed by atoms with Gasteiger partial charge in [-0.1, -0.05) is 19.3 Å². The number of piperazine rings is 1. The normalized spacial score (nSPS) is 26.3. The molecular formula is C15H28N2O2. The summed E-state index contributed by atoms with van der Waals surface area (Å²) in [6, 6.07) is 0.460. The number of amides is 1. The molecule has 0 unspecified atom stereocenters. The van der Waals surface area contributed by atoms with Crippen molar-refractivity contribution in [3.8, 4) is 0 Å². The maximum Gasteiger partial charge on any atom is 0.410 e. The predicted octanol–water partition coefficient (Wildman–Crippen LogP) is 2.78. The summed E-state index contributed by atoms with van der Waals surface area (Å²) in [6.07, 6.45) is 6.51. The van der Waals surface area contributed by atoms with E-state index in [9.17, 15) is 4.79 Å². The first kappa shape index (κ1) is 14.6. The summed E-state index contributed by atoms with van der Waals surface area (Å²) in [5, 5.41) is 3.59. The van der Waals surface area contributed by atoms with Gasteiger partial charge in [0.05, 0.1) is 0 Å². The molecule has 0 bridgehead atoms. The molecule has 0 aromatic rings. The van der Waals surface area contributed by atoms with E-state index in [0.29, 0.717) is 6.04 Å². The molecule has 0 aromatic heterocycles. The van der Waals surface area contributed by atoms with Gasteiger partial charge in [0.2, 0.25) is 0 Å². The Morgan fingerprint density at radius 3 is 2.53 bits per heavy atom. The fourth-order valence-electron chi connectivity index (χ4n) is 3.12. The van der Waals surface area contributed by atoms with Crippen LogP contribution in [0.15, 0.2) is 0 Å². The molecule has 1 heterocycles. The molecular weight excluding hydrogens is 240 g/mol. The number of nitrogens with zero attached hydrogens (tertiary/aromatic N) is 1. The molecule has 1 amide bonds. The van der Waals surface area contributed by atoms with Gasteiger partial charge in [0.1, 0.15) is 5.60 Å². The van der Waals surface area contributed by atoms with Gasteiger partial charge in [-0.3, -0.25) is 0 Å². The van der Waals surface area contributed by atoms with Crippen LogP contribution in [0, 0.1) is 5.92 Å². The topological polar surface area (TPSA) is 41.6 Å². The fraction of sp³-hybridized carbons (Fsp3) is 0.933. The molecule has 4 nitrogen and oxygen atoms in total. The van der Waals surface area contributed by atoms with Gasteiger partial charge >= 0.3 is 6.09 Å². The summed E-state index contributed by atoms with van der Waals surface area (Å²) < 4.78 is 5.47. The quantitative estimate of drug-likeness (QED) is 0.795. The van der Waals surface area contributed by atoms with Crippen LogP contribution in [-0.2, 0) is 4.74 Å². The van der Waals surface area contributed by atoms with Crippen molar-refractivity contribution in [2.45, 2.75) is 64.5 Å². The van der Waals surface area contributed by atoms with E-state index < -0.39 is 5.60 Å². The minimum atomic E-state index is -0.401. The molecule has 1 saturated heterocycles. The van der Waals surface area contributed by atoms with E-state index in [1.165, 1.54) is 32.1 Å². The first-order valence-electron chi connectivity index (χ1n) is 7.67. The SMILES string of the molecule is CC(C)(C)OC(=O)N1CCN[C@@H](C2CCCCC2)C1. The van der Waals surface area contributed by atoms with Crippen LogP contribution in [0.3, 0.4) is 0 Å². The van der Waals surface area contributed by atoms with Crippen LogP contribution in [0.5, 0.6) is 0 Å². The highest BCUT2D eigenvalue weighted by Crippen LogP contribution is 2.28. The summed E-state index contributed by atoms with van der Waals surface area (Å²) in [4.78, 5) is 14.0. The van der Waals surface area contributed by atoms with E-state index in [0.717, 1.165) is 25.6 Å². The number of carbonyl (C=O) groups is 1. The highest BCUT2D eigenvalue weighted by molar-refractivity contribution is 5.68. The van der Waals surface area contributed by atoms with Gasteiger partial charge in [-0.25, -0.2) is 4.79 Å². The minimum Gasteiger partial charge on any atom is -0.444 e. The molecule has 0 radical (unpaired) electrons. The van der Waals surface area contributed by atoms with Gasteiger partial charge in [-0.05, 0) is 39.5 Å². The average Bonchev–Trinajstić information content (AvgIpc) is 2.38. The second-order valence-corrected chi connectivity index (χ2v) is 6.89. The molecule has 4 heteroatoms. The van der Waals surface area contributed by atoms with E-state index in [1.807, 2.05) is 25.7 Å². The summed E-state index contributed by atoms with van der Waals surface area (Å²) in [5.41, 5.74) is -0.401. The van der Waals surface area contributed by atoms with E-state index in [-0.39, 0.29) is 6.09 Å². The van der Waals surface area contributed by atoms with E-state index in [4.69, 9.17) is 4.74 Å². The van der Waals surface area contributed by atoms with Gasteiger partial charge in [-0.2, -0.15) is 0 Å². The second kappa shape index (κ2) is 6.12.